The molecule has 3 aliphatic carbocycles. The smallest absolute Gasteiger partial charge is 0.335 e. The predicted molar refractivity (Wildman–Crippen MR) is 249 cm³/mol. The molecule has 3 aliphatic rings. The molecular weight excluding hydrogens is 1360 g/mol. The van der Waals surface area contributed by atoms with Crippen LogP contribution in [-0.2, 0) is 108 Å². The molecule has 61 heavy (non-hydrogen) atoms. The first-order valence-corrected chi connectivity index (χ1v) is 21.4. The second-order valence-corrected chi connectivity index (χ2v) is 15.5. The van der Waals surface area contributed by atoms with Gasteiger partial charge >= 0.3 is 5.97 Å². The van der Waals surface area contributed by atoms with E-state index in [1.54, 1.807) is 24.0 Å². The minimum atomic E-state index is -0.842. The van der Waals surface area contributed by atoms with Crippen LogP contribution < -0.4 is 5.32 Å². The number of nitrogens with zero attached hydrogens (tertiary/aromatic N) is 1. The maximum absolute atomic E-state index is 12.3. The molecule has 0 aromatic heterocycles. The van der Waals surface area contributed by atoms with Crippen LogP contribution in [-0.4, -0.2) is 53.8 Å². The quantitative estimate of drug-likeness (QED) is 0.0817. The number of Topliss-reactive ketones (excluding diaryl/α,β-unsaturated/α-hetero) is 1. The van der Waals surface area contributed by atoms with Gasteiger partial charge in [-0.1, -0.05) is 106 Å². The van der Waals surface area contributed by atoms with E-state index < -0.39 is 5.97 Å². The molecule has 0 spiro atoms. The molecule has 0 aliphatic heterocycles. The predicted octanol–water partition coefficient (Wildman–Crippen LogP) is 12.8. The molecule has 0 saturated heterocycles. The van der Waals surface area contributed by atoms with Gasteiger partial charge in [-0.25, -0.2) is 4.79 Å². The average molecular weight is 1440 g/mol. The molecule has 6 nitrogen and oxygen atoms in total. The van der Waals surface area contributed by atoms with Gasteiger partial charge in [0.25, 0.3) is 5.91 Å². The summed E-state index contributed by atoms with van der Waals surface area (Å²) in [4.78, 5) is 35.9. The number of carbonyl (C=O) groups excluding carboxylic acids is 2. The largest absolute Gasteiger partial charge is 0.478 e. The Hall–Kier alpha value is 0.544. The van der Waals surface area contributed by atoms with Crippen LogP contribution in [0.5, 0.6) is 0 Å². The Morgan fingerprint density at radius 2 is 0.918 bits per heavy atom. The van der Waals surface area contributed by atoms with Crippen LogP contribution in [0.4, 0.5) is 0 Å². The maximum atomic E-state index is 12.3. The summed E-state index contributed by atoms with van der Waals surface area (Å²) in [6.45, 7) is 19.4. The van der Waals surface area contributed by atoms with Crippen molar-refractivity contribution in [2.75, 3.05) is 26.2 Å². The van der Waals surface area contributed by atoms with E-state index in [2.05, 4.69) is 57.3 Å². The van der Waals surface area contributed by atoms with Gasteiger partial charge in [0.1, 0.15) is 0 Å². The van der Waals surface area contributed by atoms with E-state index in [0.29, 0.717) is 30.5 Å². The van der Waals surface area contributed by atoms with E-state index in [9.17, 15) is 14.4 Å². The Balaban J connectivity index is -0.000000753. The number of carboxylic acid groups (broad SMARTS) is 1. The van der Waals surface area contributed by atoms with E-state index in [4.69, 9.17) is 5.11 Å². The fourth-order valence-electron chi connectivity index (χ4n) is 8.03. The normalized spacial score (nSPS) is 14.8. The number of carbonyl (C=O) groups is 3. The zero-order valence-electron chi connectivity index (χ0n) is 36.8. The Morgan fingerprint density at radius 1 is 0.574 bits per heavy atom. The summed E-state index contributed by atoms with van der Waals surface area (Å²) in [6.07, 6.45) is 21.5. The molecule has 1 amide bonds. The topological polar surface area (TPSA) is 86.7 Å². The van der Waals surface area contributed by atoms with E-state index >= 15 is 0 Å². The summed E-state index contributed by atoms with van der Waals surface area (Å²) in [5, 5.41) is 11.8. The van der Waals surface area contributed by atoms with Gasteiger partial charge in [0.2, 0.25) is 0 Å². The van der Waals surface area contributed by atoms with Crippen LogP contribution >= 0.6 is 24.0 Å². The number of carboxylic acids is 1. The Kier molecular flexibility index (Phi) is 42.8. The number of rotatable bonds is 12. The molecule has 3 aromatic carbocycles. The number of hydrogen-bond donors (Lipinski definition) is 2. The summed E-state index contributed by atoms with van der Waals surface area (Å²) in [5.41, 5.74) is 6.09. The van der Waals surface area contributed by atoms with Crippen molar-refractivity contribution in [2.24, 2.45) is 0 Å². The second-order valence-electron chi connectivity index (χ2n) is 15.5. The van der Waals surface area contributed by atoms with Crippen molar-refractivity contribution in [1.29, 1.82) is 0 Å². The summed E-state index contributed by atoms with van der Waals surface area (Å²) >= 11 is 0. The van der Waals surface area contributed by atoms with Crippen molar-refractivity contribution in [3.8, 4) is 0 Å². The van der Waals surface area contributed by atoms with Gasteiger partial charge < -0.3 is 43.0 Å². The number of hydrogen-bond acceptors (Lipinski definition) is 4. The fourth-order valence-corrected chi connectivity index (χ4v) is 8.03. The molecular formula is C50H71IN2O4W2Y2-4. The van der Waals surface area contributed by atoms with Crippen molar-refractivity contribution < 1.29 is 127 Å². The van der Waals surface area contributed by atoms with Gasteiger partial charge in [-0.05, 0) is 117 Å². The Labute approximate surface area is 466 Å². The van der Waals surface area contributed by atoms with Gasteiger partial charge in [-0.3, -0.25) is 9.59 Å². The van der Waals surface area contributed by atoms with E-state index in [1.807, 2.05) is 36.4 Å². The van der Waals surface area contributed by atoms with E-state index in [1.165, 1.54) is 113 Å². The van der Waals surface area contributed by atoms with Crippen LogP contribution in [0.2, 0.25) is 0 Å². The second kappa shape index (κ2) is 39.7. The molecule has 334 valence electrons. The minimum Gasteiger partial charge on any atom is -0.478 e. The van der Waals surface area contributed by atoms with Crippen molar-refractivity contribution >= 4 is 41.6 Å². The molecule has 3 aromatic rings. The minimum absolute atomic E-state index is 0. The average Bonchev–Trinajstić information content (AvgIpc) is 3.26. The number of ketones is 1. The molecule has 0 bridgehead atoms. The zero-order chi connectivity index (χ0) is 40.5. The summed E-state index contributed by atoms with van der Waals surface area (Å²) in [5.74, 6) is 1.47. The van der Waals surface area contributed by atoms with Crippen molar-refractivity contribution in [3.05, 3.63) is 134 Å². The van der Waals surface area contributed by atoms with Crippen LogP contribution in [0, 0.1) is 27.7 Å². The van der Waals surface area contributed by atoms with E-state index in [0.717, 1.165) is 43.0 Å². The van der Waals surface area contributed by atoms with Gasteiger partial charge in [0.05, 0.1) is 5.56 Å². The standard InChI is InChI=1S/C18H25NO.C14H18O.C13H16O2.C5H11N.HI.2W.2Y/c1-3-14-19(4-2)18(20)17-12-10-16(11-13-17)15-8-6-5-7-9-15;1-11(15)12-7-9-14(10-8-12)13-5-3-2-4-6-13;14-13(15)12-8-6-11(7-9-12)10-4-2-1-3-5-10;1-3-5-6-4-2;;;;;/h10-13,15H,1-9,14H2;7-10,13H,2-6H2,1H3;6-10H,1-5H2,(H,14,15);6H,1-5H2;1H;;;;/q-2;;;-2;;;;;. The zero-order valence-corrected chi connectivity index (χ0v) is 50.7. The van der Waals surface area contributed by atoms with Gasteiger partial charge in [-0.2, -0.15) is 12.8 Å². The van der Waals surface area contributed by atoms with Crippen LogP contribution in [0.25, 0.3) is 0 Å². The molecule has 3 saturated carbocycles. The molecule has 2 radical (unpaired) electrons. The summed E-state index contributed by atoms with van der Waals surface area (Å²) in [6, 6.07) is 23.8. The number of aromatic carboxylic acids is 1. The molecule has 6 rings (SSSR count). The molecule has 0 heterocycles. The van der Waals surface area contributed by atoms with Crippen molar-refractivity contribution in [1.82, 2.24) is 10.2 Å². The van der Waals surface area contributed by atoms with Gasteiger partial charge in [0, 0.05) is 119 Å². The van der Waals surface area contributed by atoms with Crippen LogP contribution in [0.3, 0.4) is 0 Å². The first kappa shape index (κ1) is 65.8. The van der Waals surface area contributed by atoms with Crippen molar-refractivity contribution in [3.63, 3.8) is 0 Å². The number of nitrogens with one attached hydrogen (secondary N) is 1. The first-order valence-electron chi connectivity index (χ1n) is 21.4. The molecule has 0 atom stereocenters. The third-order valence-electron chi connectivity index (χ3n) is 11.4. The fraction of sp³-hybridized carbons (Fsp3) is 0.500. The monoisotopic (exact) mass is 1440 g/mol. The van der Waals surface area contributed by atoms with Crippen LogP contribution in [0.15, 0.2) is 72.8 Å². The van der Waals surface area contributed by atoms with E-state index in [-0.39, 0.29) is 143 Å². The molecule has 0 unspecified atom stereocenters. The SMILES string of the molecule is CC(=O)c1ccc(C2CCCCC2)cc1.I.O=C(O)c1ccc(C2CCCCC2)cc1.[CH2-]CCN(C[CH2-])C(=O)c1ccc(C2CCCCC2)cc1.[CH2-]CCNC[CH2-].[W].[W].[Y].[Y]. The third kappa shape index (κ3) is 25.3. The van der Waals surface area contributed by atoms with Gasteiger partial charge in [0.15, 0.2) is 5.78 Å². The Morgan fingerprint density at radius 3 is 1.18 bits per heavy atom. The number of halogens is 1. The van der Waals surface area contributed by atoms with Gasteiger partial charge in [-0.15, -0.1) is 37.1 Å². The van der Waals surface area contributed by atoms with Crippen LogP contribution in [0.1, 0.15) is 182 Å². The third-order valence-corrected chi connectivity index (χ3v) is 11.4. The molecule has 11 heteroatoms. The summed E-state index contributed by atoms with van der Waals surface area (Å²) in [7, 11) is 0. The molecule has 3 fully saturated rings. The Bertz CT molecular complexity index is 1470. The maximum Gasteiger partial charge on any atom is 0.335 e. The number of benzene rings is 3. The molecule has 2 N–H and O–H groups in total. The van der Waals surface area contributed by atoms with Crippen molar-refractivity contribution in [2.45, 2.75) is 134 Å². The first-order chi connectivity index (χ1) is 27.2. The number of amides is 1. The summed E-state index contributed by atoms with van der Waals surface area (Å²) < 4.78 is 0.